The maximum atomic E-state index is 11.6. The molecule has 10 nitrogen and oxygen atoms in total. The Balaban J connectivity index is 1.85. The fourth-order valence-electron chi connectivity index (χ4n) is 1.99. The predicted molar refractivity (Wildman–Crippen MR) is 66.1 cm³/mol. The standard InChI is InChI=1S/C11H19N3O7/c1-2-11(13-14-11)4-12-10(19)21-8-7(17)6(16)5(3-15)20-9(8)18/h5-9,15-18H,2-4H2,1H3,(H,12,19)/t5?,6-,7+,8?,9?/m1/s1. The summed E-state index contributed by atoms with van der Waals surface area (Å²) in [6, 6.07) is 0. The highest BCUT2D eigenvalue weighted by Crippen LogP contribution is 2.30. The van der Waals surface area contributed by atoms with Crippen molar-refractivity contribution < 1.29 is 34.7 Å². The number of hydrogen-bond donors (Lipinski definition) is 5. The normalized spacial score (nSPS) is 37.1. The number of amides is 1. The zero-order valence-electron chi connectivity index (χ0n) is 11.4. The highest BCUT2D eigenvalue weighted by Gasteiger charge is 2.46. The zero-order valence-corrected chi connectivity index (χ0v) is 11.4. The van der Waals surface area contributed by atoms with E-state index < -0.39 is 49.1 Å². The van der Waals surface area contributed by atoms with Crippen LogP contribution in [0, 0.1) is 0 Å². The molecule has 2 aliphatic rings. The second-order valence-corrected chi connectivity index (χ2v) is 4.99. The third-order valence-corrected chi connectivity index (χ3v) is 3.55. The molecule has 2 rings (SSSR count). The van der Waals surface area contributed by atoms with Crippen molar-refractivity contribution in [2.45, 2.75) is 49.7 Å². The van der Waals surface area contributed by atoms with E-state index in [1.807, 2.05) is 6.92 Å². The quantitative estimate of drug-likeness (QED) is 0.397. The molecule has 0 saturated carbocycles. The lowest BCUT2D eigenvalue weighted by Gasteiger charge is -2.39. The number of alkyl carbamates (subject to hydrolysis) is 1. The molecule has 0 aromatic heterocycles. The van der Waals surface area contributed by atoms with Gasteiger partial charge in [0.15, 0.2) is 12.4 Å². The summed E-state index contributed by atoms with van der Waals surface area (Å²) in [7, 11) is 0. The minimum atomic E-state index is -1.65. The maximum absolute atomic E-state index is 11.6. The van der Waals surface area contributed by atoms with Crippen molar-refractivity contribution in [2.75, 3.05) is 13.2 Å². The Morgan fingerprint density at radius 1 is 1.33 bits per heavy atom. The van der Waals surface area contributed by atoms with Crippen LogP contribution in [-0.4, -0.2) is 76.0 Å². The molecule has 1 amide bonds. The zero-order chi connectivity index (χ0) is 15.6. The van der Waals surface area contributed by atoms with Gasteiger partial charge in [0, 0.05) is 0 Å². The van der Waals surface area contributed by atoms with Crippen molar-refractivity contribution in [3.8, 4) is 0 Å². The summed E-state index contributed by atoms with van der Waals surface area (Å²) in [5.41, 5.74) is -0.610. The Kier molecular flexibility index (Phi) is 4.74. The molecule has 2 aliphatic heterocycles. The molecule has 0 aromatic rings. The summed E-state index contributed by atoms with van der Waals surface area (Å²) in [4.78, 5) is 11.6. The first-order chi connectivity index (χ1) is 9.92. The molecular weight excluding hydrogens is 286 g/mol. The number of nitrogens with one attached hydrogen (secondary N) is 1. The number of aliphatic hydroxyl groups is 4. The first-order valence-corrected chi connectivity index (χ1v) is 6.61. The summed E-state index contributed by atoms with van der Waals surface area (Å²) in [5, 5.41) is 48.0. The molecule has 5 atom stereocenters. The Morgan fingerprint density at radius 2 is 2.00 bits per heavy atom. The number of carbonyl (C=O) groups is 1. The molecule has 0 aromatic carbocycles. The van der Waals surface area contributed by atoms with E-state index in [4.69, 9.17) is 14.6 Å². The number of rotatable bonds is 5. The highest BCUT2D eigenvalue weighted by molar-refractivity contribution is 5.67. The number of nitrogens with zero attached hydrogens (tertiary/aromatic N) is 2. The van der Waals surface area contributed by atoms with Crippen molar-refractivity contribution in [1.29, 1.82) is 0 Å². The Bertz CT molecular complexity index is 413. The molecular formula is C11H19N3O7. The number of aliphatic hydroxyl groups excluding tert-OH is 4. The first kappa shape index (κ1) is 16.0. The van der Waals surface area contributed by atoms with Gasteiger partial charge >= 0.3 is 6.09 Å². The topological polar surface area (TPSA) is 153 Å². The van der Waals surface area contributed by atoms with Crippen LogP contribution in [0.1, 0.15) is 13.3 Å². The van der Waals surface area contributed by atoms with Crippen LogP contribution in [0.5, 0.6) is 0 Å². The fraction of sp³-hybridized carbons (Fsp3) is 0.909. The summed E-state index contributed by atoms with van der Waals surface area (Å²) in [5.74, 6) is 0. The van der Waals surface area contributed by atoms with Gasteiger partial charge in [-0.05, 0) is 6.42 Å². The van der Waals surface area contributed by atoms with E-state index in [0.717, 1.165) is 0 Å². The molecule has 1 saturated heterocycles. The molecule has 0 spiro atoms. The number of hydrogen-bond acceptors (Lipinski definition) is 9. The van der Waals surface area contributed by atoms with E-state index in [-0.39, 0.29) is 6.54 Å². The SMILES string of the molecule is CCC1(CNC(=O)OC2C(O)OC(CO)[C@@H](O)[C@@H]2O)N=N1. The summed E-state index contributed by atoms with van der Waals surface area (Å²) >= 11 is 0. The Labute approximate surface area is 120 Å². The maximum Gasteiger partial charge on any atom is 0.407 e. The van der Waals surface area contributed by atoms with Crippen LogP contribution in [0.4, 0.5) is 4.79 Å². The molecule has 0 bridgehead atoms. The van der Waals surface area contributed by atoms with Crippen molar-refractivity contribution >= 4 is 6.09 Å². The molecule has 0 radical (unpaired) electrons. The molecule has 1 fully saturated rings. The van der Waals surface area contributed by atoms with Gasteiger partial charge in [-0.2, -0.15) is 10.2 Å². The van der Waals surface area contributed by atoms with Gasteiger partial charge in [-0.1, -0.05) is 6.92 Å². The van der Waals surface area contributed by atoms with Crippen molar-refractivity contribution in [3.63, 3.8) is 0 Å². The van der Waals surface area contributed by atoms with Gasteiger partial charge < -0.3 is 35.2 Å². The van der Waals surface area contributed by atoms with Gasteiger partial charge in [-0.3, -0.25) is 0 Å². The smallest absolute Gasteiger partial charge is 0.407 e. The van der Waals surface area contributed by atoms with Gasteiger partial charge in [0.2, 0.25) is 5.66 Å². The van der Waals surface area contributed by atoms with E-state index in [0.29, 0.717) is 6.42 Å². The van der Waals surface area contributed by atoms with E-state index >= 15 is 0 Å². The largest absolute Gasteiger partial charge is 0.438 e. The Morgan fingerprint density at radius 3 is 2.52 bits per heavy atom. The second kappa shape index (κ2) is 6.20. The lowest BCUT2D eigenvalue weighted by molar-refractivity contribution is -0.285. The minimum Gasteiger partial charge on any atom is -0.438 e. The van der Waals surface area contributed by atoms with Crippen LogP contribution < -0.4 is 5.32 Å². The first-order valence-electron chi connectivity index (χ1n) is 6.61. The van der Waals surface area contributed by atoms with Gasteiger partial charge in [-0.25, -0.2) is 4.79 Å². The summed E-state index contributed by atoms with van der Waals surface area (Å²) in [6.07, 6.45) is -7.59. The molecule has 10 heteroatoms. The van der Waals surface area contributed by atoms with Crippen LogP contribution in [0.15, 0.2) is 10.2 Å². The molecule has 120 valence electrons. The minimum absolute atomic E-state index is 0.143. The third kappa shape index (κ3) is 3.47. The van der Waals surface area contributed by atoms with Gasteiger partial charge in [0.05, 0.1) is 13.2 Å². The molecule has 3 unspecified atom stereocenters. The van der Waals surface area contributed by atoms with Crippen molar-refractivity contribution in [2.24, 2.45) is 10.2 Å². The molecule has 5 N–H and O–H groups in total. The van der Waals surface area contributed by atoms with Gasteiger partial charge in [0.1, 0.15) is 18.3 Å². The van der Waals surface area contributed by atoms with E-state index in [1.54, 1.807) is 0 Å². The second-order valence-electron chi connectivity index (χ2n) is 4.99. The van der Waals surface area contributed by atoms with E-state index in [1.165, 1.54) is 0 Å². The monoisotopic (exact) mass is 305 g/mol. The summed E-state index contributed by atoms with van der Waals surface area (Å²) < 4.78 is 9.71. The number of carbonyl (C=O) groups excluding carboxylic acids is 1. The average Bonchev–Trinajstić information content (AvgIpc) is 3.26. The molecule has 2 heterocycles. The lowest BCUT2D eigenvalue weighted by atomic mass is 9.99. The van der Waals surface area contributed by atoms with Gasteiger partial charge in [-0.15, -0.1) is 0 Å². The Hall–Kier alpha value is -1.33. The van der Waals surface area contributed by atoms with Crippen LogP contribution in [-0.2, 0) is 9.47 Å². The lowest BCUT2D eigenvalue weighted by Crippen LogP contribution is -2.60. The molecule has 21 heavy (non-hydrogen) atoms. The van der Waals surface area contributed by atoms with Crippen LogP contribution in [0.3, 0.4) is 0 Å². The third-order valence-electron chi connectivity index (χ3n) is 3.55. The van der Waals surface area contributed by atoms with Crippen LogP contribution in [0.25, 0.3) is 0 Å². The van der Waals surface area contributed by atoms with E-state index in [2.05, 4.69) is 15.5 Å². The van der Waals surface area contributed by atoms with Gasteiger partial charge in [0.25, 0.3) is 0 Å². The fourth-order valence-corrected chi connectivity index (χ4v) is 1.99. The molecule has 0 aliphatic carbocycles. The summed E-state index contributed by atoms with van der Waals surface area (Å²) in [6.45, 7) is 1.42. The average molecular weight is 305 g/mol. The van der Waals surface area contributed by atoms with E-state index in [9.17, 15) is 20.1 Å². The number of ether oxygens (including phenoxy) is 2. The van der Waals surface area contributed by atoms with Crippen molar-refractivity contribution in [1.82, 2.24) is 5.32 Å². The van der Waals surface area contributed by atoms with Crippen LogP contribution in [0.2, 0.25) is 0 Å². The van der Waals surface area contributed by atoms with Crippen molar-refractivity contribution in [3.05, 3.63) is 0 Å². The van der Waals surface area contributed by atoms with Crippen LogP contribution >= 0.6 is 0 Å². The predicted octanol–water partition coefficient (Wildman–Crippen LogP) is -1.92. The highest BCUT2D eigenvalue weighted by atomic mass is 16.7.